The molecule has 1 amide bonds. The fourth-order valence-electron chi connectivity index (χ4n) is 4.69. The largest absolute Gasteiger partial charge is 0.493 e. The van der Waals surface area contributed by atoms with Gasteiger partial charge in [-0.1, -0.05) is 12.1 Å². The number of primary amides is 1. The molecule has 0 aliphatic rings. The monoisotopic (exact) mass is 569 g/mol. The van der Waals surface area contributed by atoms with Gasteiger partial charge in [0.2, 0.25) is 21.7 Å². The number of fused-ring (bicyclic) bond motifs is 1. The first-order valence-electron chi connectivity index (χ1n) is 12.2. The maximum atomic E-state index is 12.4. The summed E-state index contributed by atoms with van der Waals surface area (Å²) in [6.45, 7) is 0.0808. The van der Waals surface area contributed by atoms with Crippen molar-refractivity contribution in [2.75, 3.05) is 41.3 Å². The molecule has 3 N–H and O–H groups in total. The van der Waals surface area contributed by atoms with Crippen LogP contribution < -0.4 is 24.7 Å². The first-order valence-corrected chi connectivity index (χ1v) is 14.1. The SMILES string of the molecule is COC[C@@H](Cc1c(C(N)=O)cccc1-c1ccnc2cc(-c3cc(OC)c(OC)c(OC)c3)oc12)NS(C)(=O)=O. The first kappa shape index (κ1) is 28.9. The average molecular weight is 570 g/mol. The minimum atomic E-state index is -3.56. The van der Waals surface area contributed by atoms with E-state index < -0.39 is 22.0 Å². The summed E-state index contributed by atoms with van der Waals surface area (Å²) in [6, 6.07) is 11.6. The smallest absolute Gasteiger partial charge is 0.248 e. The molecule has 2 aromatic heterocycles. The van der Waals surface area contributed by atoms with Gasteiger partial charge in [0, 0.05) is 42.1 Å². The van der Waals surface area contributed by atoms with Crippen molar-refractivity contribution in [2.24, 2.45) is 5.73 Å². The van der Waals surface area contributed by atoms with Crippen LogP contribution in [0.4, 0.5) is 0 Å². The summed E-state index contributed by atoms with van der Waals surface area (Å²) in [5.74, 6) is 1.23. The van der Waals surface area contributed by atoms with Crippen LogP contribution in [0.3, 0.4) is 0 Å². The minimum Gasteiger partial charge on any atom is -0.493 e. The number of methoxy groups -OCH3 is 4. The van der Waals surface area contributed by atoms with Gasteiger partial charge in [-0.25, -0.2) is 13.1 Å². The molecule has 0 bridgehead atoms. The predicted octanol–water partition coefficient (Wildman–Crippen LogP) is 3.39. The number of benzene rings is 2. The molecular formula is C28H31N3O8S. The molecule has 4 rings (SSSR count). The number of hydrogen-bond acceptors (Lipinski definition) is 9. The number of nitrogens with zero attached hydrogens (tertiary/aromatic N) is 1. The molecule has 0 fully saturated rings. The number of furan rings is 1. The van der Waals surface area contributed by atoms with E-state index in [4.69, 9.17) is 29.1 Å². The zero-order chi connectivity index (χ0) is 29.0. The van der Waals surface area contributed by atoms with Gasteiger partial charge in [0.15, 0.2) is 17.1 Å². The lowest BCUT2D eigenvalue weighted by atomic mass is 9.91. The van der Waals surface area contributed by atoms with E-state index in [0.717, 1.165) is 6.26 Å². The minimum absolute atomic E-state index is 0.0808. The van der Waals surface area contributed by atoms with Crippen LogP contribution in [0, 0.1) is 0 Å². The Labute approximate surface area is 232 Å². The molecular weight excluding hydrogens is 538 g/mol. The number of aromatic nitrogens is 1. The number of nitrogens with one attached hydrogen (secondary N) is 1. The summed E-state index contributed by atoms with van der Waals surface area (Å²) in [5, 5.41) is 0. The Hall–Kier alpha value is -4.13. The molecule has 2 heterocycles. The Kier molecular flexibility index (Phi) is 8.62. The highest BCUT2D eigenvalue weighted by Crippen LogP contribution is 2.43. The van der Waals surface area contributed by atoms with Crippen LogP contribution in [-0.4, -0.2) is 66.7 Å². The normalized spacial score (nSPS) is 12.3. The molecule has 1 atom stereocenters. The maximum absolute atomic E-state index is 12.4. The number of hydrogen-bond donors (Lipinski definition) is 2. The van der Waals surface area contributed by atoms with Crippen molar-refractivity contribution in [3.05, 3.63) is 59.8 Å². The van der Waals surface area contributed by atoms with Gasteiger partial charge in [-0.05, 0) is 41.8 Å². The molecule has 0 spiro atoms. The van der Waals surface area contributed by atoms with E-state index in [9.17, 15) is 13.2 Å². The van der Waals surface area contributed by atoms with E-state index in [1.807, 2.05) is 6.07 Å². The molecule has 40 heavy (non-hydrogen) atoms. The number of rotatable bonds is 12. The van der Waals surface area contributed by atoms with Crippen molar-refractivity contribution < 1.29 is 36.6 Å². The molecule has 212 valence electrons. The van der Waals surface area contributed by atoms with Gasteiger partial charge in [-0.15, -0.1) is 0 Å². The van der Waals surface area contributed by atoms with E-state index in [2.05, 4.69) is 9.71 Å². The van der Waals surface area contributed by atoms with Crippen LogP contribution in [0.15, 0.2) is 53.1 Å². The van der Waals surface area contributed by atoms with Gasteiger partial charge < -0.3 is 29.1 Å². The molecule has 2 aromatic carbocycles. The van der Waals surface area contributed by atoms with Gasteiger partial charge in [-0.2, -0.15) is 0 Å². The van der Waals surface area contributed by atoms with E-state index in [0.29, 0.717) is 56.4 Å². The summed E-state index contributed by atoms with van der Waals surface area (Å²) in [5.41, 5.74) is 9.54. The second kappa shape index (κ2) is 11.9. The molecule has 0 aliphatic heterocycles. The predicted molar refractivity (Wildman–Crippen MR) is 150 cm³/mol. The number of carbonyl (C=O) groups excluding carboxylic acids is 1. The van der Waals surface area contributed by atoms with E-state index in [1.165, 1.54) is 28.4 Å². The standard InChI is InChI=1S/C28H31N3O8S/c1-35-15-17(31-40(5,33)34)13-21-18(7-6-8-20(21)28(29)32)19-9-10-30-22-14-23(39-26(19)22)16-11-24(36-2)27(38-4)25(12-16)37-3/h6-12,14,17,31H,13,15H2,1-5H3,(H2,29,32)/t17-/m1/s1. The zero-order valence-electron chi connectivity index (χ0n) is 22.8. The van der Waals surface area contributed by atoms with Crippen molar-refractivity contribution in [1.29, 1.82) is 0 Å². The molecule has 0 saturated carbocycles. The Balaban J connectivity index is 1.89. The van der Waals surface area contributed by atoms with Crippen molar-refractivity contribution in [1.82, 2.24) is 9.71 Å². The third-order valence-corrected chi connectivity index (χ3v) is 7.05. The van der Waals surface area contributed by atoms with Crippen molar-refractivity contribution in [2.45, 2.75) is 12.5 Å². The maximum Gasteiger partial charge on any atom is 0.248 e. The lowest BCUT2D eigenvalue weighted by Crippen LogP contribution is -2.39. The van der Waals surface area contributed by atoms with Gasteiger partial charge >= 0.3 is 0 Å². The Morgan fingerprint density at radius 2 is 1.73 bits per heavy atom. The fourth-order valence-corrected chi connectivity index (χ4v) is 5.45. The molecule has 0 aliphatic carbocycles. The van der Waals surface area contributed by atoms with Crippen LogP contribution in [0.2, 0.25) is 0 Å². The lowest BCUT2D eigenvalue weighted by Gasteiger charge is -2.20. The second-order valence-electron chi connectivity index (χ2n) is 9.04. The lowest BCUT2D eigenvalue weighted by molar-refractivity contribution is 0.0999. The number of sulfonamides is 1. The molecule has 12 heteroatoms. The highest BCUT2D eigenvalue weighted by atomic mass is 32.2. The quantitative estimate of drug-likeness (QED) is 0.261. The van der Waals surface area contributed by atoms with Crippen LogP contribution in [0.25, 0.3) is 33.6 Å². The van der Waals surface area contributed by atoms with Gasteiger partial charge in [0.05, 0.1) is 34.2 Å². The van der Waals surface area contributed by atoms with Crippen molar-refractivity contribution in [3.63, 3.8) is 0 Å². The Bertz CT molecular complexity index is 1620. The summed E-state index contributed by atoms with van der Waals surface area (Å²) < 4.78 is 54.6. The van der Waals surface area contributed by atoms with Crippen LogP contribution in [0.1, 0.15) is 15.9 Å². The van der Waals surface area contributed by atoms with E-state index >= 15 is 0 Å². The van der Waals surface area contributed by atoms with Gasteiger partial charge in [0.1, 0.15) is 11.3 Å². The summed E-state index contributed by atoms with van der Waals surface area (Å²) in [4.78, 5) is 16.9. The molecule has 11 nitrogen and oxygen atoms in total. The van der Waals surface area contributed by atoms with Crippen LogP contribution in [-0.2, 0) is 21.2 Å². The molecule has 4 aromatic rings. The molecule has 0 radical (unpaired) electrons. The van der Waals surface area contributed by atoms with Crippen molar-refractivity contribution >= 4 is 27.0 Å². The second-order valence-corrected chi connectivity index (χ2v) is 10.8. The average Bonchev–Trinajstić information content (AvgIpc) is 3.36. The number of amides is 1. The topological polar surface area (TPSA) is 152 Å². The first-order chi connectivity index (χ1) is 19.1. The third-order valence-electron chi connectivity index (χ3n) is 6.29. The van der Waals surface area contributed by atoms with Crippen molar-refractivity contribution in [3.8, 4) is 39.7 Å². The summed E-state index contributed by atoms with van der Waals surface area (Å²) in [7, 11) is 2.50. The number of pyridine rings is 1. The highest BCUT2D eigenvalue weighted by Gasteiger charge is 2.24. The highest BCUT2D eigenvalue weighted by molar-refractivity contribution is 7.88. The van der Waals surface area contributed by atoms with Gasteiger partial charge in [-0.3, -0.25) is 9.78 Å². The van der Waals surface area contributed by atoms with Crippen LogP contribution >= 0.6 is 0 Å². The fraction of sp³-hybridized carbons (Fsp3) is 0.286. The number of ether oxygens (including phenoxy) is 4. The molecule has 0 unspecified atom stereocenters. The molecule has 0 saturated heterocycles. The third kappa shape index (κ3) is 6.03. The van der Waals surface area contributed by atoms with Gasteiger partial charge in [0.25, 0.3) is 0 Å². The zero-order valence-corrected chi connectivity index (χ0v) is 23.6. The Morgan fingerprint density at radius 3 is 2.30 bits per heavy atom. The summed E-state index contributed by atoms with van der Waals surface area (Å²) in [6.07, 6.45) is 2.84. The number of carbonyl (C=O) groups is 1. The Morgan fingerprint density at radius 1 is 1.02 bits per heavy atom. The van der Waals surface area contributed by atoms with E-state index in [-0.39, 0.29) is 18.6 Å². The van der Waals surface area contributed by atoms with Crippen LogP contribution in [0.5, 0.6) is 17.2 Å². The summed E-state index contributed by atoms with van der Waals surface area (Å²) >= 11 is 0. The van der Waals surface area contributed by atoms with E-state index in [1.54, 1.807) is 42.6 Å². The number of nitrogens with two attached hydrogens (primary N) is 1.